The normalized spacial score (nSPS) is 18.9. The molecule has 2 aromatic heterocycles. The average Bonchev–Trinajstić information content (AvgIpc) is 3.76. The molecule has 1 saturated carbocycles. The maximum absolute atomic E-state index is 12.1. The molecule has 0 radical (unpaired) electrons. The molecule has 1 amide bonds. The number of ether oxygens (including phenoxy) is 1. The van der Waals surface area contributed by atoms with Crippen molar-refractivity contribution in [1.82, 2.24) is 30.0 Å². The van der Waals surface area contributed by atoms with E-state index in [1.165, 1.54) is 37.7 Å². The summed E-state index contributed by atoms with van der Waals surface area (Å²) in [5.41, 5.74) is 1.76. The summed E-state index contributed by atoms with van der Waals surface area (Å²) < 4.78 is 5.91. The summed E-state index contributed by atoms with van der Waals surface area (Å²) in [7, 11) is 3.88. The number of aromatic nitrogens is 4. The lowest BCUT2D eigenvalue weighted by Gasteiger charge is -2.42. The van der Waals surface area contributed by atoms with Crippen molar-refractivity contribution < 1.29 is 9.53 Å². The van der Waals surface area contributed by atoms with E-state index in [1.54, 1.807) is 7.11 Å². The second kappa shape index (κ2) is 12.3. The number of anilines is 4. The number of rotatable bonds is 9. The minimum atomic E-state index is 0.105. The number of hydrogen-bond acceptors (Lipinski definition) is 10. The van der Waals surface area contributed by atoms with Gasteiger partial charge in [0.2, 0.25) is 11.7 Å². The molecule has 41 heavy (non-hydrogen) atoms. The number of nitrogens with one attached hydrogen (secondary N) is 3. The lowest BCUT2D eigenvalue weighted by molar-refractivity contribution is -0.117. The van der Waals surface area contributed by atoms with Gasteiger partial charge in [-0.25, -0.2) is 9.97 Å². The van der Waals surface area contributed by atoms with E-state index in [0.29, 0.717) is 28.6 Å². The molecular weight excluding hydrogens is 538 g/mol. The van der Waals surface area contributed by atoms with E-state index in [0.717, 1.165) is 61.1 Å². The molecule has 6 rings (SSSR count). The van der Waals surface area contributed by atoms with Crippen molar-refractivity contribution in [3.05, 3.63) is 36.0 Å². The van der Waals surface area contributed by atoms with Crippen molar-refractivity contribution in [1.29, 1.82) is 0 Å². The SMILES string of the molecule is COc1c(Nc2cc(C)[nH]n2)nc(Sc2ccc(NC(=O)C3CC3)cc2)nc1N1CCN(C2CCN(C)CC2)CC1. The number of benzene rings is 1. The first-order valence-electron chi connectivity index (χ1n) is 14.5. The molecule has 12 heteroatoms. The van der Waals surface area contributed by atoms with Crippen LogP contribution in [0.1, 0.15) is 31.4 Å². The van der Waals surface area contributed by atoms with E-state index in [1.807, 2.05) is 37.3 Å². The first kappa shape index (κ1) is 27.8. The van der Waals surface area contributed by atoms with Gasteiger partial charge in [-0.05, 0) is 88.8 Å². The third-order valence-corrected chi connectivity index (χ3v) is 8.95. The molecule has 3 N–H and O–H groups in total. The van der Waals surface area contributed by atoms with E-state index in [9.17, 15) is 4.79 Å². The summed E-state index contributed by atoms with van der Waals surface area (Å²) in [5.74, 6) is 2.93. The number of H-pyrrole nitrogens is 1. The molecule has 3 aromatic rings. The van der Waals surface area contributed by atoms with Crippen LogP contribution in [0, 0.1) is 12.8 Å². The zero-order valence-electron chi connectivity index (χ0n) is 24.0. The Morgan fingerprint density at radius 3 is 2.39 bits per heavy atom. The van der Waals surface area contributed by atoms with Crippen LogP contribution in [0.25, 0.3) is 0 Å². The molecule has 0 spiro atoms. The number of nitrogens with zero attached hydrogens (tertiary/aromatic N) is 6. The number of piperidine rings is 1. The number of likely N-dealkylation sites (tertiary alicyclic amines) is 1. The minimum Gasteiger partial charge on any atom is -0.490 e. The van der Waals surface area contributed by atoms with Crippen LogP contribution < -0.4 is 20.3 Å². The topological polar surface area (TPSA) is 115 Å². The van der Waals surface area contributed by atoms with E-state index in [2.05, 4.69) is 42.6 Å². The molecular formula is C29H39N9O2S. The minimum absolute atomic E-state index is 0.105. The van der Waals surface area contributed by atoms with Crippen molar-refractivity contribution in [2.75, 3.05) is 69.0 Å². The van der Waals surface area contributed by atoms with Crippen LogP contribution >= 0.6 is 11.8 Å². The second-order valence-electron chi connectivity index (χ2n) is 11.2. The summed E-state index contributed by atoms with van der Waals surface area (Å²) in [6, 6.07) is 10.4. The monoisotopic (exact) mass is 577 g/mol. The van der Waals surface area contributed by atoms with Crippen LogP contribution in [0.4, 0.5) is 23.1 Å². The summed E-state index contributed by atoms with van der Waals surface area (Å²) in [6.45, 7) is 8.04. The predicted molar refractivity (Wildman–Crippen MR) is 161 cm³/mol. The van der Waals surface area contributed by atoms with Crippen LogP contribution in [0.5, 0.6) is 5.75 Å². The van der Waals surface area contributed by atoms with Crippen LogP contribution in [-0.4, -0.2) is 95.3 Å². The van der Waals surface area contributed by atoms with E-state index in [-0.39, 0.29) is 11.8 Å². The number of aromatic amines is 1. The molecule has 2 saturated heterocycles. The maximum Gasteiger partial charge on any atom is 0.227 e. The van der Waals surface area contributed by atoms with Gasteiger partial charge in [-0.15, -0.1) is 0 Å². The summed E-state index contributed by atoms with van der Waals surface area (Å²) in [4.78, 5) is 30.4. The first-order valence-corrected chi connectivity index (χ1v) is 15.3. The third kappa shape index (κ3) is 6.77. The van der Waals surface area contributed by atoms with E-state index < -0.39 is 0 Å². The molecule has 0 bridgehead atoms. The highest BCUT2D eigenvalue weighted by Crippen LogP contribution is 2.39. The van der Waals surface area contributed by atoms with Gasteiger partial charge in [0.05, 0.1) is 7.11 Å². The number of aryl methyl sites for hydroxylation is 1. The molecule has 1 aliphatic carbocycles. The van der Waals surface area contributed by atoms with Crippen molar-refractivity contribution >= 4 is 40.8 Å². The molecule has 1 aromatic carbocycles. The Morgan fingerprint density at radius 2 is 1.76 bits per heavy atom. The fourth-order valence-electron chi connectivity index (χ4n) is 5.52. The van der Waals surface area contributed by atoms with Gasteiger partial charge in [0, 0.05) is 60.5 Å². The van der Waals surface area contributed by atoms with E-state index in [4.69, 9.17) is 14.7 Å². The van der Waals surface area contributed by atoms with Crippen LogP contribution in [0.3, 0.4) is 0 Å². The van der Waals surface area contributed by atoms with Crippen molar-refractivity contribution in [2.24, 2.45) is 5.92 Å². The Bertz CT molecular complexity index is 1340. The quantitative estimate of drug-likeness (QED) is 0.323. The Balaban J connectivity index is 1.22. The van der Waals surface area contributed by atoms with Gasteiger partial charge in [0.25, 0.3) is 0 Å². The molecule has 11 nitrogen and oxygen atoms in total. The molecule has 0 atom stereocenters. The largest absolute Gasteiger partial charge is 0.490 e. The molecule has 0 unspecified atom stereocenters. The van der Waals surface area contributed by atoms with Gasteiger partial charge in [0.1, 0.15) is 0 Å². The molecule has 2 aliphatic heterocycles. The Morgan fingerprint density at radius 1 is 1.02 bits per heavy atom. The maximum atomic E-state index is 12.1. The van der Waals surface area contributed by atoms with Crippen LogP contribution in [0.2, 0.25) is 0 Å². The van der Waals surface area contributed by atoms with Gasteiger partial charge in [-0.1, -0.05) is 0 Å². The van der Waals surface area contributed by atoms with Crippen molar-refractivity contribution in [2.45, 2.75) is 48.7 Å². The molecule has 4 heterocycles. The Hall–Kier alpha value is -3.35. The zero-order chi connectivity index (χ0) is 28.3. The highest BCUT2D eigenvalue weighted by atomic mass is 32.2. The summed E-state index contributed by atoms with van der Waals surface area (Å²) in [5, 5.41) is 14.3. The molecule has 3 aliphatic rings. The van der Waals surface area contributed by atoms with Gasteiger partial charge in [-0.3, -0.25) is 14.8 Å². The van der Waals surface area contributed by atoms with Gasteiger partial charge in [-0.2, -0.15) is 5.10 Å². The number of carbonyl (C=O) groups excluding carboxylic acids is 1. The van der Waals surface area contributed by atoms with Crippen molar-refractivity contribution in [3.63, 3.8) is 0 Å². The van der Waals surface area contributed by atoms with E-state index >= 15 is 0 Å². The number of amides is 1. The number of methoxy groups -OCH3 is 1. The van der Waals surface area contributed by atoms with Gasteiger partial charge < -0.3 is 25.2 Å². The summed E-state index contributed by atoms with van der Waals surface area (Å²) in [6.07, 6.45) is 4.43. The number of carbonyl (C=O) groups is 1. The Kier molecular flexibility index (Phi) is 8.31. The first-order chi connectivity index (χ1) is 19.9. The zero-order valence-corrected chi connectivity index (χ0v) is 24.8. The van der Waals surface area contributed by atoms with Gasteiger partial charge >= 0.3 is 0 Å². The third-order valence-electron chi connectivity index (χ3n) is 8.08. The number of hydrogen-bond donors (Lipinski definition) is 3. The van der Waals surface area contributed by atoms with Crippen molar-refractivity contribution in [3.8, 4) is 5.75 Å². The summed E-state index contributed by atoms with van der Waals surface area (Å²) >= 11 is 1.48. The Labute approximate surface area is 245 Å². The van der Waals surface area contributed by atoms with Gasteiger partial charge in [0.15, 0.2) is 22.6 Å². The standard InChI is InChI=1S/C29H39N9O2S/c1-19-18-24(35-34-19)31-26-25(40-3)27(38-16-14-37(15-17-38)22-10-12-36(2)13-11-22)33-29(32-26)41-23-8-6-21(7-9-23)30-28(39)20-4-5-20/h6-9,18,20,22H,4-5,10-17H2,1-3H3,(H,30,39)(H2,31,32,33,34,35). The lowest BCUT2D eigenvalue weighted by atomic mass is 10.0. The highest BCUT2D eigenvalue weighted by Gasteiger charge is 2.30. The second-order valence-corrected chi connectivity index (χ2v) is 12.3. The predicted octanol–water partition coefficient (Wildman–Crippen LogP) is 3.98. The average molecular weight is 578 g/mol. The highest BCUT2D eigenvalue weighted by molar-refractivity contribution is 7.99. The fourth-order valence-corrected chi connectivity index (χ4v) is 6.27. The lowest BCUT2D eigenvalue weighted by Crippen LogP contribution is -2.53. The van der Waals surface area contributed by atoms with Crippen LogP contribution in [-0.2, 0) is 4.79 Å². The molecule has 218 valence electrons. The molecule has 3 fully saturated rings. The smallest absolute Gasteiger partial charge is 0.227 e. The van der Waals surface area contributed by atoms with Crippen LogP contribution in [0.15, 0.2) is 40.4 Å². The fraction of sp³-hybridized carbons (Fsp3) is 0.517. The number of piperazine rings is 1.